The maximum Gasteiger partial charge on any atom is 0.129 e. The van der Waals surface area contributed by atoms with Crippen LogP contribution in [0.25, 0.3) is 0 Å². The minimum atomic E-state index is -0.402. The third-order valence-electron chi connectivity index (χ3n) is 2.16. The summed E-state index contributed by atoms with van der Waals surface area (Å²) in [6, 6.07) is 8.30. The Bertz CT molecular complexity index is 441. The van der Waals surface area contributed by atoms with Gasteiger partial charge in [0.1, 0.15) is 5.82 Å². The monoisotopic (exact) mass is 321 g/mol. The molecule has 0 spiro atoms. The fourth-order valence-corrected chi connectivity index (χ4v) is 2.74. The summed E-state index contributed by atoms with van der Waals surface area (Å²) in [5.74, 6) is -0.273. The van der Waals surface area contributed by atoms with Crippen LogP contribution >= 0.6 is 39.7 Å². The van der Waals surface area contributed by atoms with Crippen LogP contribution in [0.4, 0.5) is 4.39 Å². The second-order valence-electron chi connectivity index (χ2n) is 3.13. The zero-order valence-electron chi connectivity index (χ0n) is 8.19. The molecule has 0 aliphatic heterocycles. The first-order chi connectivity index (χ1) is 7.20. The third-order valence-corrected chi connectivity index (χ3v) is 3.81. The highest BCUT2D eigenvalue weighted by Crippen LogP contribution is 2.30. The normalized spacial score (nSPS) is 11.9. The zero-order chi connectivity index (χ0) is 10.8. The fourth-order valence-electron chi connectivity index (χ4n) is 1.42. The molecule has 0 aliphatic rings. The zero-order valence-corrected chi connectivity index (χ0v) is 11.4. The minimum Gasteiger partial charge on any atom is -0.319 e. The number of hydrogen-bond donors (Lipinski definition) is 1. The van der Waals surface area contributed by atoms with E-state index in [4.69, 9.17) is 5.73 Å². The average Bonchev–Trinajstić information content (AvgIpc) is 2.69. The molecule has 5 heteroatoms. The SMILES string of the molecule is Cl.N[C@@H](c1cccs1)c1c(F)cccc1Br. The maximum atomic E-state index is 13.6. The molecule has 1 heterocycles. The smallest absolute Gasteiger partial charge is 0.129 e. The van der Waals surface area contributed by atoms with Crippen molar-refractivity contribution in [3.63, 3.8) is 0 Å². The van der Waals surface area contributed by atoms with E-state index >= 15 is 0 Å². The number of rotatable bonds is 2. The molecule has 0 radical (unpaired) electrons. The Morgan fingerprint density at radius 3 is 2.56 bits per heavy atom. The van der Waals surface area contributed by atoms with Gasteiger partial charge in [-0.05, 0) is 23.6 Å². The summed E-state index contributed by atoms with van der Waals surface area (Å²) < 4.78 is 14.3. The van der Waals surface area contributed by atoms with Gasteiger partial charge < -0.3 is 5.73 Å². The molecule has 1 nitrogen and oxygen atoms in total. The van der Waals surface area contributed by atoms with Crippen molar-refractivity contribution in [3.05, 3.63) is 56.4 Å². The Hall–Kier alpha value is -0.420. The van der Waals surface area contributed by atoms with Gasteiger partial charge in [-0.3, -0.25) is 0 Å². The Kier molecular flexibility index (Phi) is 4.92. The lowest BCUT2D eigenvalue weighted by molar-refractivity contribution is 0.599. The highest BCUT2D eigenvalue weighted by Gasteiger charge is 2.17. The molecule has 2 aromatic rings. The van der Waals surface area contributed by atoms with Gasteiger partial charge in [0.25, 0.3) is 0 Å². The summed E-state index contributed by atoms with van der Waals surface area (Å²) in [5.41, 5.74) is 6.52. The second-order valence-corrected chi connectivity index (χ2v) is 4.96. The van der Waals surface area contributed by atoms with Gasteiger partial charge in [-0.2, -0.15) is 0 Å². The van der Waals surface area contributed by atoms with E-state index in [1.165, 1.54) is 17.4 Å². The number of nitrogens with two attached hydrogens (primary N) is 1. The van der Waals surface area contributed by atoms with Crippen LogP contribution in [0.3, 0.4) is 0 Å². The topological polar surface area (TPSA) is 26.0 Å². The molecule has 2 rings (SSSR count). The molecule has 86 valence electrons. The van der Waals surface area contributed by atoms with E-state index in [1.54, 1.807) is 12.1 Å². The highest BCUT2D eigenvalue weighted by molar-refractivity contribution is 9.10. The van der Waals surface area contributed by atoms with Crippen LogP contribution in [0.2, 0.25) is 0 Å². The van der Waals surface area contributed by atoms with Crippen molar-refractivity contribution in [1.82, 2.24) is 0 Å². The molecule has 2 N–H and O–H groups in total. The number of halogens is 3. The predicted octanol–water partition coefficient (Wildman–Crippen LogP) is 4.12. The van der Waals surface area contributed by atoms with Crippen molar-refractivity contribution in [3.8, 4) is 0 Å². The molecular weight excluding hydrogens is 313 g/mol. The van der Waals surface area contributed by atoms with Gasteiger partial charge in [-0.25, -0.2) is 4.39 Å². The maximum absolute atomic E-state index is 13.6. The van der Waals surface area contributed by atoms with Gasteiger partial charge in [-0.1, -0.05) is 28.1 Å². The second kappa shape index (κ2) is 5.77. The summed E-state index contributed by atoms with van der Waals surface area (Å²) in [6.07, 6.45) is 0. The lowest BCUT2D eigenvalue weighted by Gasteiger charge is -2.12. The summed E-state index contributed by atoms with van der Waals surface area (Å²) in [6.45, 7) is 0. The quantitative estimate of drug-likeness (QED) is 0.884. The van der Waals surface area contributed by atoms with Gasteiger partial charge in [0.15, 0.2) is 0 Å². The van der Waals surface area contributed by atoms with Crippen molar-refractivity contribution < 1.29 is 4.39 Å². The number of hydrogen-bond acceptors (Lipinski definition) is 2. The van der Waals surface area contributed by atoms with Crippen molar-refractivity contribution >= 4 is 39.7 Å². The third kappa shape index (κ3) is 2.63. The molecule has 0 saturated heterocycles. The Labute approximate surface area is 112 Å². The van der Waals surface area contributed by atoms with Crippen LogP contribution in [-0.2, 0) is 0 Å². The van der Waals surface area contributed by atoms with E-state index < -0.39 is 6.04 Å². The summed E-state index contributed by atoms with van der Waals surface area (Å²) in [7, 11) is 0. The highest BCUT2D eigenvalue weighted by atomic mass is 79.9. The van der Waals surface area contributed by atoms with Gasteiger partial charge in [0.05, 0.1) is 6.04 Å². The van der Waals surface area contributed by atoms with Crippen molar-refractivity contribution in [2.75, 3.05) is 0 Å². The van der Waals surface area contributed by atoms with Crippen LogP contribution in [0.15, 0.2) is 40.2 Å². The minimum absolute atomic E-state index is 0. The van der Waals surface area contributed by atoms with Gasteiger partial charge in [0.2, 0.25) is 0 Å². The molecular formula is C11H10BrClFNS. The largest absolute Gasteiger partial charge is 0.319 e. The van der Waals surface area contributed by atoms with E-state index in [1.807, 2.05) is 17.5 Å². The molecule has 0 unspecified atom stereocenters. The fraction of sp³-hybridized carbons (Fsp3) is 0.0909. The molecule has 16 heavy (non-hydrogen) atoms. The molecule has 0 bridgehead atoms. The van der Waals surface area contributed by atoms with E-state index in [9.17, 15) is 4.39 Å². The van der Waals surface area contributed by atoms with Gasteiger partial charge in [-0.15, -0.1) is 23.7 Å². The lowest BCUT2D eigenvalue weighted by atomic mass is 10.1. The molecule has 1 atom stereocenters. The first kappa shape index (κ1) is 13.6. The Balaban J connectivity index is 0.00000128. The summed E-state index contributed by atoms with van der Waals surface area (Å²) in [4.78, 5) is 0.959. The summed E-state index contributed by atoms with van der Waals surface area (Å²) >= 11 is 4.85. The van der Waals surface area contributed by atoms with Crippen molar-refractivity contribution in [2.45, 2.75) is 6.04 Å². The van der Waals surface area contributed by atoms with E-state index in [-0.39, 0.29) is 18.2 Å². The number of benzene rings is 1. The van der Waals surface area contributed by atoms with Crippen LogP contribution in [-0.4, -0.2) is 0 Å². The molecule has 1 aromatic heterocycles. The van der Waals surface area contributed by atoms with Crippen molar-refractivity contribution in [2.24, 2.45) is 5.73 Å². The van der Waals surface area contributed by atoms with E-state index in [2.05, 4.69) is 15.9 Å². The summed E-state index contributed by atoms with van der Waals surface area (Å²) in [5, 5.41) is 1.93. The Morgan fingerprint density at radius 2 is 2.00 bits per heavy atom. The van der Waals surface area contributed by atoms with Crippen LogP contribution in [0.5, 0.6) is 0 Å². The average molecular weight is 323 g/mol. The van der Waals surface area contributed by atoms with Gasteiger partial charge in [0, 0.05) is 14.9 Å². The Morgan fingerprint density at radius 1 is 1.25 bits per heavy atom. The van der Waals surface area contributed by atoms with E-state index in [0.29, 0.717) is 10.0 Å². The lowest BCUT2D eigenvalue weighted by Crippen LogP contribution is -2.12. The molecule has 0 amide bonds. The molecule has 1 aromatic carbocycles. The predicted molar refractivity (Wildman–Crippen MR) is 71.7 cm³/mol. The molecule has 0 aliphatic carbocycles. The van der Waals surface area contributed by atoms with Gasteiger partial charge >= 0.3 is 0 Å². The van der Waals surface area contributed by atoms with Crippen LogP contribution in [0.1, 0.15) is 16.5 Å². The standard InChI is InChI=1S/C11H9BrFNS.ClH/c12-7-3-1-4-8(13)10(7)11(14)9-5-2-6-15-9;/h1-6,11H,14H2;1H/t11-;/m0./s1. The first-order valence-corrected chi connectivity index (χ1v) is 6.10. The number of thiophene rings is 1. The van der Waals surface area contributed by atoms with E-state index in [0.717, 1.165) is 4.88 Å². The molecule has 0 saturated carbocycles. The van der Waals surface area contributed by atoms with Crippen LogP contribution < -0.4 is 5.73 Å². The van der Waals surface area contributed by atoms with Crippen LogP contribution in [0, 0.1) is 5.82 Å². The van der Waals surface area contributed by atoms with Crippen molar-refractivity contribution in [1.29, 1.82) is 0 Å². The molecule has 0 fully saturated rings. The first-order valence-electron chi connectivity index (χ1n) is 4.43.